The average Bonchev–Trinajstić information content (AvgIpc) is 3.29. The second-order valence-electron chi connectivity index (χ2n) is 8.55. The zero-order valence-corrected chi connectivity index (χ0v) is 20.0. The lowest BCUT2D eigenvalue weighted by molar-refractivity contribution is 0.0954. The maximum absolute atomic E-state index is 12.9. The summed E-state index contributed by atoms with van der Waals surface area (Å²) in [5.74, 6) is 0.855. The molecule has 0 aliphatic heterocycles. The number of phenols is 1. The van der Waals surface area contributed by atoms with Gasteiger partial charge < -0.3 is 15.7 Å². The molecule has 0 saturated carbocycles. The molecule has 2 aromatic heterocycles. The zero-order valence-electron chi connectivity index (χ0n) is 20.0. The van der Waals surface area contributed by atoms with Crippen LogP contribution in [0, 0.1) is 0 Å². The van der Waals surface area contributed by atoms with Gasteiger partial charge in [-0.05, 0) is 41.2 Å². The van der Waals surface area contributed by atoms with Crippen molar-refractivity contribution in [2.24, 2.45) is 0 Å². The number of carbonyl (C=O) groups is 1. The summed E-state index contributed by atoms with van der Waals surface area (Å²) in [6, 6.07) is 26.6. The van der Waals surface area contributed by atoms with Crippen molar-refractivity contribution in [3.8, 4) is 28.1 Å². The molecule has 0 radical (unpaired) electrons. The van der Waals surface area contributed by atoms with Crippen molar-refractivity contribution in [3.05, 3.63) is 96.7 Å². The first-order valence-corrected chi connectivity index (χ1v) is 11.9. The van der Waals surface area contributed by atoms with Crippen molar-refractivity contribution < 1.29 is 9.90 Å². The fourth-order valence-electron chi connectivity index (χ4n) is 4.18. The molecule has 0 aliphatic carbocycles. The summed E-state index contributed by atoms with van der Waals surface area (Å²) < 4.78 is 1.76. The Balaban J connectivity index is 1.25. The molecule has 36 heavy (non-hydrogen) atoms. The molecule has 0 unspecified atom stereocenters. The number of carbonyl (C=O) groups excluding carboxylic acids is 1. The Labute approximate surface area is 210 Å². The van der Waals surface area contributed by atoms with E-state index in [-0.39, 0.29) is 11.7 Å². The number of hydrogen-bond acceptors (Lipinski definition) is 5. The normalized spacial score (nSPS) is 10.9. The molecule has 0 saturated heterocycles. The Morgan fingerprint density at radius 2 is 1.64 bits per heavy atom. The van der Waals surface area contributed by atoms with Crippen molar-refractivity contribution in [3.63, 3.8) is 0 Å². The van der Waals surface area contributed by atoms with E-state index in [1.165, 1.54) is 0 Å². The van der Waals surface area contributed by atoms with Gasteiger partial charge in [0.25, 0.3) is 5.91 Å². The molecule has 5 aromatic rings. The third-order valence-corrected chi connectivity index (χ3v) is 6.03. The minimum absolute atomic E-state index is 0.0923. The number of phenolic OH excluding ortho intramolecular Hbond substituents is 1. The highest BCUT2D eigenvalue weighted by atomic mass is 16.3. The first-order chi connectivity index (χ1) is 17.6. The Kier molecular flexibility index (Phi) is 6.66. The van der Waals surface area contributed by atoms with Gasteiger partial charge in [-0.25, -0.2) is 4.98 Å². The summed E-state index contributed by atoms with van der Waals surface area (Å²) >= 11 is 0. The van der Waals surface area contributed by atoms with Crippen molar-refractivity contribution in [1.29, 1.82) is 0 Å². The van der Waals surface area contributed by atoms with Crippen LogP contribution in [0.1, 0.15) is 16.8 Å². The van der Waals surface area contributed by atoms with Gasteiger partial charge in [-0.1, -0.05) is 60.7 Å². The number of para-hydroxylation sites is 1. The highest BCUT2D eigenvalue weighted by Crippen LogP contribution is 2.29. The summed E-state index contributed by atoms with van der Waals surface area (Å²) in [5, 5.41) is 21.2. The van der Waals surface area contributed by atoms with E-state index in [4.69, 9.17) is 4.98 Å². The van der Waals surface area contributed by atoms with E-state index >= 15 is 0 Å². The number of amides is 1. The number of aromatic nitrogens is 3. The van der Waals surface area contributed by atoms with Crippen LogP contribution < -0.4 is 16.1 Å². The van der Waals surface area contributed by atoms with E-state index in [0.717, 1.165) is 34.5 Å². The summed E-state index contributed by atoms with van der Waals surface area (Å²) in [6.45, 7) is 1.15. The molecule has 0 aliphatic rings. The number of rotatable bonds is 8. The van der Waals surface area contributed by atoms with E-state index < -0.39 is 0 Å². The molecule has 0 bridgehead atoms. The van der Waals surface area contributed by atoms with E-state index in [0.29, 0.717) is 29.9 Å². The smallest absolute Gasteiger partial charge is 0.251 e. The number of nitrogens with zero attached hydrogens (tertiary/aromatic N) is 3. The number of anilines is 1. The van der Waals surface area contributed by atoms with Crippen LogP contribution in [0.2, 0.25) is 0 Å². The molecule has 0 atom stereocenters. The van der Waals surface area contributed by atoms with Gasteiger partial charge in [0, 0.05) is 36.5 Å². The predicted octanol–water partition coefficient (Wildman–Crippen LogP) is 3.26. The molecular weight excluding hydrogens is 449 g/mol. The van der Waals surface area contributed by atoms with Crippen LogP contribution in [0.3, 0.4) is 0 Å². The third kappa shape index (κ3) is 4.79. The van der Waals surface area contributed by atoms with E-state index in [9.17, 15) is 9.90 Å². The molecular formula is C28H26BN5O2. The largest absolute Gasteiger partial charge is 0.507 e. The molecule has 1 amide bonds. The lowest BCUT2D eigenvalue weighted by atomic mass is 9.99. The van der Waals surface area contributed by atoms with Crippen LogP contribution >= 0.6 is 0 Å². The Morgan fingerprint density at radius 3 is 2.44 bits per heavy atom. The summed E-state index contributed by atoms with van der Waals surface area (Å²) in [4.78, 5) is 17.6. The molecule has 5 rings (SSSR count). The Bertz CT molecular complexity index is 1520. The molecule has 178 valence electrons. The Hall–Kier alpha value is -4.59. The topological polar surface area (TPSA) is 91.5 Å². The second-order valence-corrected chi connectivity index (χ2v) is 8.55. The van der Waals surface area contributed by atoms with E-state index in [1.807, 2.05) is 80.6 Å². The minimum atomic E-state index is -0.0923. The standard InChI is InChI=1S/C28H26BN5O2/c29-23-18-32-34-26(17-24(33-27(23)34)22-13-6-7-14-25(22)35)30-15-8-16-31-28(36)21-12-5-4-11-20(21)19-9-2-1-3-10-19/h1-7,9-14,17-18,30,35H,8,15-16,29H2,(H,31,36). The van der Waals surface area contributed by atoms with Gasteiger partial charge in [-0.2, -0.15) is 9.61 Å². The average molecular weight is 475 g/mol. The molecule has 0 fully saturated rings. The maximum Gasteiger partial charge on any atom is 0.251 e. The van der Waals surface area contributed by atoms with Crippen LogP contribution in [0.15, 0.2) is 91.1 Å². The quantitative estimate of drug-likeness (QED) is 0.237. The van der Waals surface area contributed by atoms with Crippen LogP contribution in [-0.2, 0) is 0 Å². The number of fused-ring (bicyclic) bond motifs is 1. The fraction of sp³-hybridized carbons (Fsp3) is 0.107. The molecule has 3 N–H and O–H groups in total. The number of nitrogens with one attached hydrogen (secondary N) is 2. The summed E-state index contributed by atoms with van der Waals surface area (Å²) in [7, 11) is 1.95. The molecule has 0 spiro atoms. The fourth-order valence-corrected chi connectivity index (χ4v) is 4.18. The summed E-state index contributed by atoms with van der Waals surface area (Å²) in [5.41, 5.74) is 5.58. The van der Waals surface area contributed by atoms with Crippen LogP contribution in [-0.4, -0.2) is 46.5 Å². The molecule has 3 aromatic carbocycles. The third-order valence-electron chi connectivity index (χ3n) is 6.03. The SMILES string of the molecule is Bc1cnn2c(NCCCNC(=O)c3ccccc3-c3ccccc3)cc(-c3ccccc3O)nc12. The lowest BCUT2D eigenvalue weighted by Gasteiger charge is -2.13. The Morgan fingerprint density at radius 1 is 0.917 bits per heavy atom. The number of aromatic hydroxyl groups is 1. The van der Waals surface area contributed by atoms with Crippen molar-refractivity contribution in [1.82, 2.24) is 19.9 Å². The first kappa shape index (κ1) is 23.2. The van der Waals surface area contributed by atoms with Crippen LogP contribution in [0.4, 0.5) is 5.82 Å². The molecule has 7 nitrogen and oxygen atoms in total. The van der Waals surface area contributed by atoms with Gasteiger partial charge >= 0.3 is 0 Å². The maximum atomic E-state index is 12.9. The van der Waals surface area contributed by atoms with Gasteiger partial charge in [0.2, 0.25) is 0 Å². The zero-order chi connectivity index (χ0) is 24.9. The summed E-state index contributed by atoms with van der Waals surface area (Å²) in [6.07, 6.45) is 2.49. The monoisotopic (exact) mass is 475 g/mol. The van der Waals surface area contributed by atoms with Gasteiger partial charge in [0.15, 0.2) is 5.65 Å². The van der Waals surface area contributed by atoms with Gasteiger partial charge in [-0.15, -0.1) is 0 Å². The number of benzene rings is 3. The van der Waals surface area contributed by atoms with Gasteiger partial charge in [0.1, 0.15) is 19.4 Å². The molecule has 8 heteroatoms. The number of hydrogen-bond donors (Lipinski definition) is 3. The van der Waals surface area contributed by atoms with E-state index in [2.05, 4.69) is 15.7 Å². The first-order valence-electron chi connectivity index (χ1n) is 11.9. The van der Waals surface area contributed by atoms with Crippen LogP contribution in [0.25, 0.3) is 28.0 Å². The van der Waals surface area contributed by atoms with E-state index in [1.54, 1.807) is 22.8 Å². The van der Waals surface area contributed by atoms with Gasteiger partial charge in [-0.3, -0.25) is 4.79 Å². The minimum Gasteiger partial charge on any atom is -0.507 e. The highest BCUT2D eigenvalue weighted by Gasteiger charge is 2.14. The lowest BCUT2D eigenvalue weighted by Crippen LogP contribution is -2.26. The van der Waals surface area contributed by atoms with Crippen molar-refractivity contribution in [2.45, 2.75) is 6.42 Å². The molecule has 2 heterocycles. The van der Waals surface area contributed by atoms with Crippen molar-refractivity contribution in [2.75, 3.05) is 18.4 Å². The van der Waals surface area contributed by atoms with Crippen molar-refractivity contribution >= 4 is 30.7 Å². The van der Waals surface area contributed by atoms with Gasteiger partial charge in [0.05, 0.1) is 5.69 Å². The highest BCUT2D eigenvalue weighted by molar-refractivity contribution is 6.36. The predicted molar refractivity (Wildman–Crippen MR) is 146 cm³/mol. The second kappa shape index (κ2) is 10.4. The van der Waals surface area contributed by atoms with Crippen LogP contribution in [0.5, 0.6) is 5.75 Å².